The van der Waals surface area contributed by atoms with Crippen LogP contribution in [-0.4, -0.2) is 10.6 Å². The maximum absolute atomic E-state index is 3.48. The van der Waals surface area contributed by atoms with Gasteiger partial charge < -0.3 is 9.88 Å². The fraction of sp³-hybridized carbons (Fsp3) is 0.286. The van der Waals surface area contributed by atoms with Crippen LogP contribution in [0.25, 0.3) is 5.69 Å². The highest BCUT2D eigenvalue weighted by molar-refractivity contribution is 5.51. The summed E-state index contributed by atoms with van der Waals surface area (Å²) in [6.07, 6.45) is 5.25. The van der Waals surface area contributed by atoms with Gasteiger partial charge in [0.25, 0.3) is 0 Å². The van der Waals surface area contributed by atoms with E-state index in [0.29, 0.717) is 6.04 Å². The van der Waals surface area contributed by atoms with Gasteiger partial charge in [0, 0.05) is 29.8 Å². The zero-order valence-corrected chi connectivity index (χ0v) is 9.85. The molecule has 0 aliphatic heterocycles. The molecule has 0 saturated carbocycles. The van der Waals surface area contributed by atoms with Crippen molar-refractivity contribution in [1.29, 1.82) is 0 Å². The second-order valence-corrected chi connectivity index (χ2v) is 4.09. The third-order valence-corrected chi connectivity index (χ3v) is 2.77. The molecule has 84 valence electrons. The standard InChI is InChI=1S/C14H18N2/c1-3-12(2)15-13-7-6-8-14(11-13)16-9-4-5-10-16/h4-12,15H,3H2,1-2H3. The Hall–Kier alpha value is -1.70. The maximum Gasteiger partial charge on any atom is 0.0469 e. The van der Waals surface area contributed by atoms with Crippen LogP contribution in [0.15, 0.2) is 48.8 Å². The monoisotopic (exact) mass is 214 g/mol. The molecule has 0 aliphatic rings. The molecule has 1 atom stereocenters. The summed E-state index contributed by atoms with van der Waals surface area (Å²) in [5, 5.41) is 3.48. The largest absolute Gasteiger partial charge is 0.383 e. The van der Waals surface area contributed by atoms with Crippen LogP contribution in [0.2, 0.25) is 0 Å². The summed E-state index contributed by atoms with van der Waals surface area (Å²) in [4.78, 5) is 0. The smallest absolute Gasteiger partial charge is 0.0469 e. The molecule has 0 saturated heterocycles. The molecular formula is C14H18N2. The molecule has 1 N–H and O–H groups in total. The fourth-order valence-electron chi connectivity index (χ4n) is 1.65. The molecule has 2 heteroatoms. The molecule has 0 radical (unpaired) electrons. The molecule has 1 heterocycles. The predicted molar refractivity (Wildman–Crippen MR) is 69.1 cm³/mol. The van der Waals surface area contributed by atoms with Crippen LogP contribution in [0, 0.1) is 0 Å². The summed E-state index contributed by atoms with van der Waals surface area (Å²) in [6, 6.07) is 13.1. The fourth-order valence-corrected chi connectivity index (χ4v) is 1.65. The predicted octanol–water partition coefficient (Wildman–Crippen LogP) is 3.69. The second kappa shape index (κ2) is 4.88. The van der Waals surface area contributed by atoms with Crippen molar-refractivity contribution in [2.45, 2.75) is 26.3 Å². The highest BCUT2D eigenvalue weighted by Crippen LogP contribution is 2.16. The summed E-state index contributed by atoms with van der Waals surface area (Å²) in [5.74, 6) is 0. The van der Waals surface area contributed by atoms with Crippen molar-refractivity contribution in [3.05, 3.63) is 48.8 Å². The van der Waals surface area contributed by atoms with Crippen molar-refractivity contribution in [1.82, 2.24) is 4.57 Å². The number of hydrogen-bond acceptors (Lipinski definition) is 1. The lowest BCUT2D eigenvalue weighted by Crippen LogP contribution is -2.13. The molecule has 16 heavy (non-hydrogen) atoms. The summed E-state index contributed by atoms with van der Waals surface area (Å²) in [6.45, 7) is 4.38. The van der Waals surface area contributed by atoms with Crippen molar-refractivity contribution in [3.8, 4) is 5.69 Å². The highest BCUT2D eigenvalue weighted by Gasteiger charge is 2.00. The van der Waals surface area contributed by atoms with Crippen LogP contribution in [0.3, 0.4) is 0 Å². The van der Waals surface area contributed by atoms with E-state index in [9.17, 15) is 0 Å². The molecule has 0 spiro atoms. The van der Waals surface area contributed by atoms with E-state index in [4.69, 9.17) is 0 Å². The van der Waals surface area contributed by atoms with E-state index >= 15 is 0 Å². The van der Waals surface area contributed by atoms with Gasteiger partial charge >= 0.3 is 0 Å². The Bertz CT molecular complexity index is 432. The zero-order chi connectivity index (χ0) is 11.4. The minimum absolute atomic E-state index is 0.514. The number of nitrogens with zero attached hydrogens (tertiary/aromatic N) is 1. The molecule has 1 aromatic carbocycles. The number of rotatable bonds is 4. The Kier molecular flexibility index (Phi) is 3.30. The average molecular weight is 214 g/mol. The van der Waals surface area contributed by atoms with Crippen molar-refractivity contribution in [3.63, 3.8) is 0 Å². The van der Waals surface area contributed by atoms with Gasteiger partial charge in [-0.2, -0.15) is 0 Å². The molecule has 2 rings (SSSR count). The summed E-state index contributed by atoms with van der Waals surface area (Å²) < 4.78 is 2.11. The van der Waals surface area contributed by atoms with Gasteiger partial charge in [-0.15, -0.1) is 0 Å². The minimum atomic E-state index is 0.514. The lowest BCUT2D eigenvalue weighted by atomic mass is 10.2. The van der Waals surface area contributed by atoms with Crippen molar-refractivity contribution < 1.29 is 0 Å². The van der Waals surface area contributed by atoms with Crippen LogP contribution in [0.1, 0.15) is 20.3 Å². The molecule has 1 aromatic heterocycles. The Morgan fingerprint density at radius 1 is 1.19 bits per heavy atom. The molecule has 1 unspecified atom stereocenters. The molecule has 0 bridgehead atoms. The Morgan fingerprint density at radius 3 is 2.62 bits per heavy atom. The van der Waals surface area contributed by atoms with Crippen molar-refractivity contribution in [2.24, 2.45) is 0 Å². The first-order chi connectivity index (χ1) is 7.79. The summed E-state index contributed by atoms with van der Waals surface area (Å²) >= 11 is 0. The Balaban J connectivity index is 2.20. The molecule has 0 fully saturated rings. The lowest BCUT2D eigenvalue weighted by Gasteiger charge is -2.14. The Morgan fingerprint density at radius 2 is 1.94 bits per heavy atom. The van der Waals surface area contributed by atoms with Gasteiger partial charge in [0.2, 0.25) is 0 Å². The molecule has 2 aromatic rings. The van der Waals surface area contributed by atoms with Crippen LogP contribution in [-0.2, 0) is 0 Å². The number of benzene rings is 1. The van der Waals surface area contributed by atoms with Gasteiger partial charge in [-0.05, 0) is 43.7 Å². The first kappa shape index (κ1) is 10.8. The van der Waals surface area contributed by atoms with E-state index < -0.39 is 0 Å². The van der Waals surface area contributed by atoms with E-state index in [1.165, 1.54) is 11.4 Å². The van der Waals surface area contributed by atoms with Gasteiger partial charge in [0.15, 0.2) is 0 Å². The van der Waals surface area contributed by atoms with Crippen LogP contribution < -0.4 is 5.32 Å². The topological polar surface area (TPSA) is 17.0 Å². The van der Waals surface area contributed by atoms with Crippen molar-refractivity contribution >= 4 is 5.69 Å². The quantitative estimate of drug-likeness (QED) is 0.821. The summed E-state index contributed by atoms with van der Waals surface area (Å²) in [5.41, 5.74) is 2.37. The van der Waals surface area contributed by atoms with Gasteiger partial charge in [-0.3, -0.25) is 0 Å². The van der Waals surface area contributed by atoms with Crippen LogP contribution in [0.5, 0.6) is 0 Å². The van der Waals surface area contributed by atoms with E-state index in [1.807, 2.05) is 12.1 Å². The van der Waals surface area contributed by atoms with E-state index in [1.54, 1.807) is 0 Å². The average Bonchev–Trinajstić information content (AvgIpc) is 2.83. The third kappa shape index (κ3) is 2.45. The second-order valence-electron chi connectivity index (χ2n) is 4.09. The van der Waals surface area contributed by atoms with Gasteiger partial charge in [0.1, 0.15) is 0 Å². The van der Waals surface area contributed by atoms with Gasteiger partial charge in [0.05, 0.1) is 0 Å². The van der Waals surface area contributed by atoms with Gasteiger partial charge in [-0.1, -0.05) is 13.0 Å². The van der Waals surface area contributed by atoms with E-state index in [0.717, 1.165) is 6.42 Å². The minimum Gasteiger partial charge on any atom is -0.383 e. The van der Waals surface area contributed by atoms with Crippen molar-refractivity contribution in [2.75, 3.05) is 5.32 Å². The normalized spacial score (nSPS) is 12.4. The SMILES string of the molecule is CCC(C)Nc1cccc(-n2cccc2)c1. The molecule has 0 aliphatic carbocycles. The highest BCUT2D eigenvalue weighted by atomic mass is 15.0. The number of hydrogen-bond donors (Lipinski definition) is 1. The maximum atomic E-state index is 3.48. The van der Waals surface area contributed by atoms with Gasteiger partial charge in [-0.25, -0.2) is 0 Å². The zero-order valence-electron chi connectivity index (χ0n) is 9.85. The molecular weight excluding hydrogens is 196 g/mol. The molecule has 0 amide bonds. The molecule has 2 nitrogen and oxygen atoms in total. The number of aromatic nitrogens is 1. The van der Waals surface area contributed by atoms with Crippen LogP contribution in [0.4, 0.5) is 5.69 Å². The summed E-state index contributed by atoms with van der Waals surface area (Å²) in [7, 11) is 0. The number of anilines is 1. The first-order valence-corrected chi connectivity index (χ1v) is 5.79. The third-order valence-electron chi connectivity index (χ3n) is 2.77. The Labute approximate surface area is 96.9 Å². The van der Waals surface area contributed by atoms with E-state index in [-0.39, 0.29) is 0 Å². The number of nitrogens with one attached hydrogen (secondary N) is 1. The van der Waals surface area contributed by atoms with E-state index in [2.05, 4.69) is 60.4 Å². The van der Waals surface area contributed by atoms with Crippen LogP contribution >= 0.6 is 0 Å². The first-order valence-electron chi connectivity index (χ1n) is 5.79. The lowest BCUT2D eigenvalue weighted by molar-refractivity contribution is 0.764.